The fourth-order valence-electron chi connectivity index (χ4n) is 2.15. The first-order chi connectivity index (χ1) is 8.57. The van der Waals surface area contributed by atoms with E-state index in [1.807, 2.05) is 11.8 Å². The van der Waals surface area contributed by atoms with Crippen LogP contribution < -0.4 is 5.32 Å². The average molecular weight is 330 g/mol. The van der Waals surface area contributed by atoms with Crippen molar-refractivity contribution in [2.45, 2.75) is 31.4 Å². The predicted molar refractivity (Wildman–Crippen MR) is 82.2 cm³/mol. The second kappa shape index (κ2) is 6.42. The number of thioether (sulfide) groups is 1. The van der Waals surface area contributed by atoms with Crippen molar-refractivity contribution in [2.75, 3.05) is 18.1 Å². The van der Waals surface area contributed by atoms with Gasteiger partial charge in [-0.05, 0) is 43.2 Å². The molecule has 1 heterocycles. The van der Waals surface area contributed by atoms with E-state index in [2.05, 4.69) is 52.4 Å². The van der Waals surface area contributed by atoms with Gasteiger partial charge in [0, 0.05) is 22.8 Å². The normalized spacial score (nSPS) is 25.3. The molecule has 0 radical (unpaired) electrons. The zero-order valence-corrected chi connectivity index (χ0v) is 13.1. The number of nitrogens with one attached hydrogen (secondary N) is 1. The van der Waals surface area contributed by atoms with Crippen LogP contribution in [0.2, 0.25) is 0 Å². The maximum absolute atomic E-state index is 10.3. The highest BCUT2D eigenvalue weighted by Crippen LogP contribution is 2.27. The summed E-state index contributed by atoms with van der Waals surface area (Å²) in [4.78, 5) is 0. The number of halogens is 1. The summed E-state index contributed by atoms with van der Waals surface area (Å²) >= 11 is 5.29. The molecule has 4 heteroatoms. The first-order valence-electron chi connectivity index (χ1n) is 6.35. The summed E-state index contributed by atoms with van der Waals surface area (Å²) in [5.41, 5.74) is 0.838. The van der Waals surface area contributed by atoms with Crippen molar-refractivity contribution in [3.8, 4) is 0 Å². The minimum Gasteiger partial charge on any atom is -0.388 e. The Morgan fingerprint density at radius 2 is 2.17 bits per heavy atom. The smallest absolute Gasteiger partial charge is 0.0869 e. The topological polar surface area (TPSA) is 32.3 Å². The summed E-state index contributed by atoms with van der Waals surface area (Å²) < 4.78 is 1.11. The highest BCUT2D eigenvalue weighted by Gasteiger charge is 2.31. The first-order valence-corrected chi connectivity index (χ1v) is 8.30. The molecule has 1 aliphatic rings. The Morgan fingerprint density at radius 3 is 2.78 bits per heavy atom. The Balaban J connectivity index is 1.78. The molecule has 0 aromatic heterocycles. The molecule has 0 saturated carbocycles. The van der Waals surface area contributed by atoms with Crippen molar-refractivity contribution in [1.82, 2.24) is 5.32 Å². The lowest BCUT2D eigenvalue weighted by Gasteiger charge is -2.24. The highest BCUT2D eigenvalue weighted by atomic mass is 79.9. The summed E-state index contributed by atoms with van der Waals surface area (Å²) in [5.74, 6) is 1.95. The number of hydrogen-bond donors (Lipinski definition) is 2. The maximum Gasteiger partial charge on any atom is 0.0869 e. The second-order valence-electron chi connectivity index (χ2n) is 5.14. The third kappa shape index (κ3) is 4.26. The number of hydrogen-bond acceptors (Lipinski definition) is 3. The van der Waals surface area contributed by atoms with Gasteiger partial charge in [0.15, 0.2) is 0 Å². The van der Waals surface area contributed by atoms with Crippen LogP contribution in [0.5, 0.6) is 0 Å². The lowest BCUT2D eigenvalue weighted by molar-refractivity contribution is 0.0651. The zero-order chi connectivity index (χ0) is 13.0. The lowest BCUT2D eigenvalue weighted by Crippen LogP contribution is -2.44. The average Bonchev–Trinajstić information content (AvgIpc) is 2.78. The van der Waals surface area contributed by atoms with Crippen molar-refractivity contribution >= 4 is 27.7 Å². The molecule has 0 spiro atoms. The van der Waals surface area contributed by atoms with E-state index in [0.717, 1.165) is 28.8 Å². The molecule has 1 saturated heterocycles. The molecule has 2 rings (SSSR count). The molecule has 2 N–H and O–H groups in total. The molecule has 0 unspecified atom stereocenters. The van der Waals surface area contributed by atoms with Gasteiger partial charge in [0.2, 0.25) is 0 Å². The Hall–Kier alpha value is -0.0300. The van der Waals surface area contributed by atoms with E-state index in [1.165, 1.54) is 5.56 Å². The van der Waals surface area contributed by atoms with E-state index in [4.69, 9.17) is 0 Å². The van der Waals surface area contributed by atoms with Crippen LogP contribution in [0, 0.1) is 0 Å². The van der Waals surface area contributed by atoms with Crippen LogP contribution in [0.15, 0.2) is 28.7 Å². The minimum atomic E-state index is -0.487. The van der Waals surface area contributed by atoms with E-state index < -0.39 is 5.60 Å². The van der Waals surface area contributed by atoms with E-state index >= 15 is 0 Å². The van der Waals surface area contributed by atoms with E-state index in [0.29, 0.717) is 12.6 Å². The summed E-state index contributed by atoms with van der Waals surface area (Å²) in [6.07, 6.45) is 1.91. The lowest BCUT2D eigenvalue weighted by atomic mass is 10.0. The van der Waals surface area contributed by atoms with Crippen LogP contribution in [-0.2, 0) is 6.42 Å². The molecule has 0 amide bonds. The summed E-state index contributed by atoms with van der Waals surface area (Å²) in [6.45, 7) is 2.88. The van der Waals surface area contributed by atoms with Gasteiger partial charge in [-0.3, -0.25) is 0 Å². The Bertz CT molecular complexity index is 376. The molecular formula is C14H20BrNOS. The minimum absolute atomic E-state index is 0.390. The first kappa shape index (κ1) is 14.4. The SMILES string of the molecule is C[C@@H](Cc1ccc(Br)cc1)NC[C@@]1(O)CCSC1. The molecule has 1 aliphatic heterocycles. The molecule has 0 bridgehead atoms. The van der Waals surface area contributed by atoms with Crippen molar-refractivity contribution in [3.05, 3.63) is 34.3 Å². The molecule has 2 atom stereocenters. The monoisotopic (exact) mass is 329 g/mol. The highest BCUT2D eigenvalue weighted by molar-refractivity contribution is 9.10. The third-order valence-corrected chi connectivity index (χ3v) is 5.08. The van der Waals surface area contributed by atoms with E-state index in [-0.39, 0.29) is 0 Å². The molecule has 0 aliphatic carbocycles. The summed E-state index contributed by atoms with van der Waals surface area (Å²) in [7, 11) is 0. The van der Waals surface area contributed by atoms with Crippen molar-refractivity contribution in [1.29, 1.82) is 0 Å². The molecule has 1 aromatic carbocycles. The van der Waals surface area contributed by atoms with Crippen LogP contribution in [0.4, 0.5) is 0 Å². The number of rotatable bonds is 5. The molecule has 1 aromatic rings. The maximum atomic E-state index is 10.3. The zero-order valence-electron chi connectivity index (χ0n) is 10.7. The van der Waals surface area contributed by atoms with Crippen molar-refractivity contribution < 1.29 is 5.11 Å². The fraction of sp³-hybridized carbons (Fsp3) is 0.571. The van der Waals surface area contributed by atoms with Crippen LogP contribution in [0.1, 0.15) is 18.9 Å². The van der Waals surface area contributed by atoms with Crippen molar-refractivity contribution in [2.24, 2.45) is 0 Å². The van der Waals surface area contributed by atoms with Crippen molar-refractivity contribution in [3.63, 3.8) is 0 Å². The van der Waals surface area contributed by atoms with E-state index in [1.54, 1.807) is 0 Å². The third-order valence-electron chi connectivity index (χ3n) is 3.32. The summed E-state index contributed by atoms with van der Waals surface area (Å²) in [6, 6.07) is 8.82. The standard InChI is InChI=1S/C14H20BrNOS/c1-11(8-12-2-4-13(15)5-3-12)16-9-14(17)6-7-18-10-14/h2-5,11,16-17H,6-10H2,1H3/t11-,14-/m0/s1. The van der Waals surface area contributed by atoms with Gasteiger partial charge in [0.1, 0.15) is 0 Å². The molecule has 18 heavy (non-hydrogen) atoms. The Morgan fingerprint density at radius 1 is 1.44 bits per heavy atom. The van der Waals surface area contributed by atoms with Gasteiger partial charge < -0.3 is 10.4 Å². The number of aliphatic hydroxyl groups is 1. The predicted octanol–water partition coefficient (Wildman–Crippen LogP) is 2.84. The van der Waals surface area contributed by atoms with Gasteiger partial charge in [-0.15, -0.1) is 0 Å². The quantitative estimate of drug-likeness (QED) is 0.871. The van der Waals surface area contributed by atoms with Crippen LogP contribution in [-0.4, -0.2) is 34.8 Å². The van der Waals surface area contributed by atoms with Gasteiger partial charge in [-0.2, -0.15) is 11.8 Å². The van der Waals surface area contributed by atoms with Crippen LogP contribution in [0.3, 0.4) is 0 Å². The largest absolute Gasteiger partial charge is 0.388 e. The van der Waals surface area contributed by atoms with Gasteiger partial charge >= 0.3 is 0 Å². The Kier molecular flexibility index (Phi) is 5.13. The van der Waals surface area contributed by atoms with E-state index in [9.17, 15) is 5.11 Å². The molecule has 2 nitrogen and oxygen atoms in total. The number of benzene rings is 1. The molecular weight excluding hydrogens is 310 g/mol. The molecule has 100 valence electrons. The van der Waals surface area contributed by atoms with Crippen LogP contribution >= 0.6 is 27.7 Å². The summed E-state index contributed by atoms with van der Waals surface area (Å²) in [5, 5.41) is 13.7. The fourth-order valence-corrected chi connectivity index (χ4v) is 3.71. The van der Waals surface area contributed by atoms with Crippen LogP contribution in [0.25, 0.3) is 0 Å². The van der Waals surface area contributed by atoms with Gasteiger partial charge in [-0.1, -0.05) is 28.1 Å². The molecule has 1 fully saturated rings. The second-order valence-corrected chi connectivity index (χ2v) is 7.16. The van der Waals surface area contributed by atoms with Gasteiger partial charge in [-0.25, -0.2) is 0 Å². The Labute approximate surface area is 122 Å². The van der Waals surface area contributed by atoms with Gasteiger partial charge in [0.25, 0.3) is 0 Å². The van der Waals surface area contributed by atoms with Gasteiger partial charge in [0.05, 0.1) is 5.60 Å².